The van der Waals surface area contributed by atoms with E-state index in [0.717, 1.165) is 25.7 Å². The lowest BCUT2D eigenvalue weighted by Crippen LogP contribution is -2.18. The molecule has 0 unspecified atom stereocenters. The van der Waals surface area contributed by atoms with Crippen molar-refractivity contribution in [2.75, 3.05) is 6.61 Å². The number of benzene rings is 1. The van der Waals surface area contributed by atoms with E-state index in [9.17, 15) is 13.2 Å². The van der Waals surface area contributed by atoms with Gasteiger partial charge in [-0.1, -0.05) is 25.6 Å². The van der Waals surface area contributed by atoms with Crippen LogP contribution in [0.3, 0.4) is 0 Å². The highest BCUT2D eigenvalue weighted by Crippen LogP contribution is 2.38. The second-order valence-electron chi connectivity index (χ2n) is 7.11. The summed E-state index contributed by atoms with van der Waals surface area (Å²) in [6.07, 6.45) is 5.18. The van der Waals surface area contributed by atoms with Gasteiger partial charge in [-0.15, -0.1) is 0 Å². The molecular formula is C22H26F3IO. The molecule has 0 amide bonds. The molecule has 1 fully saturated rings. The zero-order chi connectivity index (χ0) is 20.0. The van der Waals surface area contributed by atoms with Crippen molar-refractivity contribution in [1.29, 1.82) is 0 Å². The number of allylic oxidation sites excluding steroid dienone is 3. The van der Waals surface area contributed by atoms with Crippen molar-refractivity contribution >= 4 is 22.6 Å². The zero-order valence-electron chi connectivity index (χ0n) is 15.8. The Bertz CT molecular complexity index is 731. The van der Waals surface area contributed by atoms with E-state index in [1.54, 1.807) is 23.1 Å². The minimum Gasteiger partial charge on any atom is -0.493 e. The molecule has 0 radical (unpaired) electrons. The van der Waals surface area contributed by atoms with E-state index >= 15 is 0 Å². The third kappa shape index (κ3) is 5.87. The number of rotatable bonds is 7. The Labute approximate surface area is 173 Å². The van der Waals surface area contributed by atoms with Crippen LogP contribution in [-0.4, -0.2) is 6.61 Å². The Morgan fingerprint density at radius 1 is 1.22 bits per heavy atom. The first kappa shape index (κ1) is 22.1. The van der Waals surface area contributed by atoms with E-state index in [4.69, 9.17) is 4.74 Å². The second-order valence-corrected chi connectivity index (χ2v) is 7.73. The molecule has 1 aliphatic rings. The molecular weight excluding hydrogens is 464 g/mol. The summed E-state index contributed by atoms with van der Waals surface area (Å²) in [4.78, 5) is 0. The molecule has 0 N–H and O–H groups in total. The molecule has 1 aliphatic carbocycles. The molecule has 0 aliphatic heterocycles. The van der Waals surface area contributed by atoms with Crippen LogP contribution in [-0.2, 0) is 11.2 Å². The third-order valence-electron chi connectivity index (χ3n) is 5.13. The van der Waals surface area contributed by atoms with E-state index in [1.165, 1.54) is 6.08 Å². The van der Waals surface area contributed by atoms with Gasteiger partial charge in [-0.25, -0.2) is 13.2 Å². The maximum Gasteiger partial charge on any atom is 0.162 e. The first-order chi connectivity index (χ1) is 12.9. The Morgan fingerprint density at radius 2 is 1.89 bits per heavy atom. The van der Waals surface area contributed by atoms with Gasteiger partial charge in [-0.3, -0.25) is 0 Å². The Hall–Kier alpha value is -1.24. The van der Waals surface area contributed by atoms with Crippen molar-refractivity contribution in [1.82, 2.24) is 0 Å². The highest BCUT2D eigenvalue weighted by molar-refractivity contribution is 14.1. The number of hydrogen-bond donors (Lipinski definition) is 0. The van der Waals surface area contributed by atoms with Crippen molar-refractivity contribution in [3.8, 4) is 0 Å². The topological polar surface area (TPSA) is 9.23 Å². The smallest absolute Gasteiger partial charge is 0.162 e. The fourth-order valence-corrected chi connectivity index (χ4v) is 3.76. The summed E-state index contributed by atoms with van der Waals surface area (Å²) >= 11 is 2.02. The number of hydrogen-bond acceptors (Lipinski definition) is 1. The lowest BCUT2D eigenvalue weighted by Gasteiger charge is -2.29. The second kappa shape index (κ2) is 10.3. The molecule has 1 aromatic carbocycles. The highest BCUT2D eigenvalue weighted by Gasteiger charge is 2.26. The fourth-order valence-electron chi connectivity index (χ4n) is 3.40. The third-order valence-corrected chi connectivity index (χ3v) is 5.74. The minimum absolute atomic E-state index is 0.0435. The van der Waals surface area contributed by atoms with E-state index in [2.05, 4.69) is 6.58 Å². The fraction of sp³-hybridized carbons (Fsp3) is 0.455. The van der Waals surface area contributed by atoms with Gasteiger partial charge >= 0.3 is 0 Å². The number of ether oxygens (including phenoxy) is 1. The highest BCUT2D eigenvalue weighted by atomic mass is 127. The molecule has 1 nitrogen and oxygen atoms in total. The summed E-state index contributed by atoms with van der Waals surface area (Å²) in [6, 6.07) is 3.43. The zero-order valence-corrected chi connectivity index (χ0v) is 18.0. The van der Waals surface area contributed by atoms with Gasteiger partial charge in [-0.05, 0) is 90.2 Å². The summed E-state index contributed by atoms with van der Waals surface area (Å²) < 4.78 is 49.5. The van der Waals surface area contributed by atoms with E-state index < -0.39 is 17.5 Å². The molecule has 0 aromatic heterocycles. The molecule has 2 rings (SSSR count). The van der Waals surface area contributed by atoms with Gasteiger partial charge in [0.1, 0.15) is 11.6 Å². The molecule has 148 valence electrons. The normalized spacial score (nSPS) is 21.3. The maximum absolute atomic E-state index is 14.4. The average Bonchev–Trinajstić information content (AvgIpc) is 2.67. The standard InChI is InChI=1S/C22H26F3IO/c1-4-16-9-10-19(22(25)21(16)24)17-7-5-15(6-8-17)13-27-18(12-26)11-20(23)14(2)3/h9-12,15,17H,2,4-8,13H2,1,3H3/b18-12+,20-11+. The van der Waals surface area contributed by atoms with Crippen LogP contribution >= 0.6 is 22.6 Å². The van der Waals surface area contributed by atoms with Crippen LogP contribution in [0.4, 0.5) is 13.2 Å². The van der Waals surface area contributed by atoms with Gasteiger partial charge in [0.2, 0.25) is 0 Å². The van der Waals surface area contributed by atoms with Crippen LogP contribution in [0.15, 0.2) is 46.0 Å². The summed E-state index contributed by atoms with van der Waals surface area (Å²) in [5.41, 5.74) is 1.27. The van der Waals surface area contributed by atoms with Crippen LogP contribution in [0.1, 0.15) is 56.6 Å². The first-order valence-corrected chi connectivity index (χ1v) is 10.5. The van der Waals surface area contributed by atoms with E-state index in [0.29, 0.717) is 41.4 Å². The van der Waals surface area contributed by atoms with Crippen LogP contribution in [0, 0.1) is 17.6 Å². The monoisotopic (exact) mass is 490 g/mol. The van der Waals surface area contributed by atoms with Crippen LogP contribution in [0.25, 0.3) is 0 Å². The predicted octanol–water partition coefficient (Wildman–Crippen LogP) is 7.52. The molecule has 5 heteroatoms. The summed E-state index contributed by atoms with van der Waals surface area (Å²) in [6.45, 7) is 7.48. The maximum atomic E-state index is 14.4. The molecule has 0 saturated heterocycles. The van der Waals surface area contributed by atoms with Crippen molar-refractivity contribution < 1.29 is 17.9 Å². The Balaban J connectivity index is 1.91. The lowest BCUT2D eigenvalue weighted by atomic mass is 9.78. The van der Waals surface area contributed by atoms with Crippen molar-refractivity contribution in [3.63, 3.8) is 0 Å². The summed E-state index contributed by atoms with van der Waals surface area (Å²) in [5, 5.41) is 0. The minimum atomic E-state index is -0.705. The summed E-state index contributed by atoms with van der Waals surface area (Å²) in [5.74, 6) is -0.942. The molecule has 0 bridgehead atoms. The largest absolute Gasteiger partial charge is 0.493 e. The molecule has 0 spiro atoms. The van der Waals surface area contributed by atoms with Crippen molar-refractivity contribution in [3.05, 3.63) is 68.8 Å². The average molecular weight is 490 g/mol. The summed E-state index contributed by atoms with van der Waals surface area (Å²) in [7, 11) is 0. The molecule has 1 saturated carbocycles. The van der Waals surface area contributed by atoms with Gasteiger partial charge in [0.15, 0.2) is 11.6 Å². The molecule has 0 atom stereocenters. The quantitative estimate of drug-likeness (QED) is 0.218. The van der Waals surface area contributed by atoms with Crippen molar-refractivity contribution in [2.45, 2.75) is 51.9 Å². The number of halogens is 4. The van der Waals surface area contributed by atoms with E-state index in [-0.39, 0.29) is 5.92 Å². The van der Waals surface area contributed by atoms with Crippen LogP contribution in [0.2, 0.25) is 0 Å². The first-order valence-electron chi connectivity index (χ1n) is 9.30. The van der Waals surface area contributed by atoms with E-state index in [1.807, 2.05) is 29.5 Å². The van der Waals surface area contributed by atoms with Gasteiger partial charge in [0.05, 0.1) is 6.61 Å². The molecule has 0 heterocycles. The van der Waals surface area contributed by atoms with Gasteiger partial charge in [0.25, 0.3) is 0 Å². The van der Waals surface area contributed by atoms with Gasteiger partial charge in [-0.2, -0.15) is 0 Å². The SMILES string of the molecule is C=C(C)/C(F)=C\C(=C/I)OCC1CCC(c2ccc(CC)c(F)c2F)CC1. The van der Waals surface area contributed by atoms with Crippen molar-refractivity contribution in [2.24, 2.45) is 5.92 Å². The lowest BCUT2D eigenvalue weighted by molar-refractivity contribution is 0.144. The predicted molar refractivity (Wildman–Crippen MR) is 112 cm³/mol. The Morgan fingerprint density at radius 3 is 2.44 bits per heavy atom. The molecule has 27 heavy (non-hydrogen) atoms. The molecule has 1 aromatic rings. The van der Waals surface area contributed by atoms with Crippen LogP contribution in [0.5, 0.6) is 0 Å². The van der Waals surface area contributed by atoms with Gasteiger partial charge < -0.3 is 4.74 Å². The van der Waals surface area contributed by atoms with Crippen LogP contribution < -0.4 is 0 Å². The number of aryl methyl sites for hydroxylation is 1. The Kier molecular flexibility index (Phi) is 8.45. The van der Waals surface area contributed by atoms with Gasteiger partial charge in [0, 0.05) is 10.2 Å².